The number of amides is 1. The molecule has 3 aliphatic rings. The van der Waals surface area contributed by atoms with Crippen LogP contribution in [-0.4, -0.2) is 48.6 Å². The fourth-order valence-electron chi connectivity index (χ4n) is 6.11. The highest BCUT2D eigenvalue weighted by Gasteiger charge is 2.47. The van der Waals surface area contributed by atoms with E-state index >= 15 is 4.39 Å². The molecule has 8 heteroatoms. The number of hydrogen-bond acceptors (Lipinski definition) is 4. The molecule has 2 saturated carbocycles. The second-order valence-corrected chi connectivity index (χ2v) is 10.3. The van der Waals surface area contributed by atoms with Gasteiger partial charge < -0.3 is 15.2 Å². The summed E-state index contributed by atoms with van der Waals surface area (Å²) in [6.07, 6.45) is 7.90. The first-order valence-electron chi connectivity index (χ1n) is 12.2. The van der Waals surface area contributed by atoms with E-state index in [1.807, 2.05) is 24.0 Å². The molecule has 4 aromatic rings. The summed E-state index contributed by atoms with van der Waals surface area (Å²) in [4.78, 5) is 19.7. The molecule has 2 bridgehead atoms. The Hall–Kier alpha value is -3.26. The average molecular weight is 459 g/mol. The summed E-state index contributed by atoms with van der Waals surface area (Å²) in [6, 6.07) is 7.50. The van der Waals surface area contributed by atoms with Crippen LogP contribution in [0.15, 0.2) is 36.7 Å². The lowest BCUT2D eigenvalue weighted by atomic mass is 10.1. The van der Waals surface area contributed by atoms with Crippen molar-refractivity contribution in [3.8, 4) is 11.4 Å². The summed E-state index contributed by atoms with van der Waals surface area (Å²) in [5, 5.41) is 5.84. The number of nitrogens with two attached hydrogens (primary N) is 1. The molecule has 1 amide bonds. The lowest BCUT2D eigenvalue weighted by Gasteiger charge is -2.27. The number of rotatable bonds is 4. The molecule has 1 saturated heterocycles. The van der Waals surface area contributed by atoms with E-state index in [2.05, 4.69) is 15.6 Å². The quantitative estimate of drug-likeness (QED) is 0.505. The largest absolute Gasteiger partial charge is 0.334 e. The fraction of sp³-hybridized carbons (Fsp3) is 0.423. The Morgan fingerprint density at radius 1 is 1.24 bits per heavy atom. The van der Waals surface area contributed by atoms with Crippen molar-refractivity contribution in [1.29, 1.82) is 0 Å². The van der Waals surface area contributed by atoms with Gasteiger partial charge in [-0.05, 0) is 68.7 Å². The molecule has 2 N–H and O–H groups in total. The molecule has 0 radical (unpaired) electrons. The van der Waals surface area contributed by atoms with Crippen molar-refractivity contribution >= 4 is 22.5 Å². The Kier molecular flexibility index (Phi) is 4.22. The molecule has 0 spiro atoms. The van der Waals surface area contributed by atoms with Gasteiger partial charge in [0.05, 0.1) is 11.3 Å². The molecule has 2 unspecified atom stereocenters. The lowest BCUT2D eigenvalue weighted by molar-refractivity contribution is 0.0699. The van der Waals surface area contributed by atoms with Gasteiger partial charge in [-0.3, -0.25) is 4.79 Å². The number of aryl methyl sites for hydroxylation is 1. The highest BCUT2D eigenvalue weighted by atomic mass is 19.1. The summed E-state index contributed by atoms with van der Waals surface area (Å²) >= 11 is 0. The van der Waals surface area contributed by atoms with Gasteiger partial charge in [0.15, 0.2) is 0 Å². The van der Waals surface area contributed by atoms with Gasteiger partial charge >= 0.3 is 0 Å². The zero-order valence-corrected chi connectivity index (χ0v) is 19.1. The van der Waals surface area contributed by atoms with E-state index in [1.165, 1.54) is 23.4 Å². The van der Waals surface area contributed by atoms with Crippen molar-refractivity contribution in [3.63, 3.8) is 0 Å². The van der Waals surface area contributed by atoms with Crippen LogP contribution in [0.25, 0.3) is 27.9 Å². The predicted molar refractivity (Wildman–Crippen MR) is 127 cm³/mol. The molecule has 7 rings (SSSR count). The van der Waals surface area contributed by atoms with Crippen molar-refractivity contribution < 1.29 is 9.18 Å². The number of carbonyl (C=O) groups excluding carboxylic acids is 1. The molecule has 3 atom stereocenters. The Labute approximate surface area is 196 Å². The summed E-state index contributed by atoms with van der Waals surface area (Å²) in [6.45, 7) is 3.43. The van der Waals surface area contributed by atoms with Crippen molar-refractivity contribution in [3.05, 3.63) is 53.6 Å². The van der Waals surface area contributed by atoms with Crippen molar-refractivity contribution in [2.24, 2.45) is 17.6 Å². The van der Waals surface area contributed by atoms with Crippen LogP contribution in [0.5, 0.6) is 0 Å². The van der Waals surface area contributed by atoms with Gasteiger partial charge in [-0.1, -0.05) is 0 Å². The standard InChI is InChI=1S/C26H27FN6O/c1-14-23(21-10-16-3-2-8-29-25(16)31(21)11-15-4-5-15)30-33-13-18(9-19(27)24(14)33)26(34)32-12-17-6-7-20(32)22(17)28/h2-3,8-10,13,15,17,20,22H,4-7,11-12,28H2,1H3/t17?,20?,22-/m1/s1. The topological polar surface area (TPSA) is 81.5 Å². The molecule has 174 valence electrons. The SMILES string of the molecule is Cc1c(-c2cc3cccnc3n2CC2CC2)nn2cc(C(=O)N3CC4CCC3[C@@H]4N)cc(F)c12. The average Bonchev–Trinajstić information content (AvgIpc) is 3.22. The molecule has 3 fully saturated rings. The minimum atomic E-state index is -0.432. The number of fused-ring (bicyclic) bond motifs is 4. The molecule has 5 heterocycles. The Morgan fingerprint density at radius 2 is 2.09 bits per heavy atom. The maximum atomic E-state index is 15.4. The smallest absolute Gasteiger partial charge is 0.255 e. The van der Waals surface area contributed by atoms with Gasteiger partial charge in [0.1, 0.15) is 22.7 Å². The maximum absolute atomic E-state index is 15.4. The molecule has 0 aromatic carbocycles. The molecule has 4 aromatic heterocycles. The van der Waals surface area contributed by atoms with Gasteiger partial charge in [0.2, 0.25) is 0 Å². The van der Waals surface area contributed by atoms with E-state index in [0.29, 0.717) is 29.5 Å². The number of pyridine rings is 2. The third-order valence-electron chi connectivity index (χ3n) is 8.11. The monoisotopic (exact) mass is 458 g/mol. The van der Waals surface area contributed by atoms with Gasteiger partial charge in [0.25, 0.3) is 5.91 Å². The second-order valence-electron chi connectivity index (χ2n) is 10.3. The zero-order chi connectivity index (χ0) is 23.1. The third kappa shape index (κ3) is 2.87. The van der Waals surface area contributed by atoms with Crippen molar-refractivity contribution in [1.82, 2.24) is 24.1 Å². The van der Waals surface area contributed by atoms with E-state index in [4.69, 9.17) is 10.8 Å². The first kappa shape index (κ1) is 20.1. The van der Waals surface area contributed by atoms with E-state index < -0.39 is 5.82 Å². The third-order valence-corrected chi connectivity index (χ3v) is 8.11. The molecular formula is C26H27FN6O. The molecule has 1 aliphatic heterocycles. The van der Waals surface area contributed by atoms with Gasteiger partial charge in [-0.25, -0.2) is 13.9 Å². The number of likely N-dealkylation sites (tertiary alicyclic amines) is 1. The summed E-state index contributed by atoms with van der Waals surface area (Å²) in [5.41, 5.74) is 10.4. The van der Waals surface area contributed by atoms with Crippen LogP contribution in [0.2, 0.25) is 0 Å². The second kappa shape index (κ2) is 7.12. The minimum absolute atomic E-state index is 0.0260. The maximum Gasteiger partial charge on any atom is 0.255 e. The number of halogens is 1. The normalized spacial score (nSPS) is 24.1. The predicted octanol–water partition coefficient (Wildman–Crippen LogP) is 3.77. The lowest BCUT2D eigenvalue weighted by Crippen LogP contribution is -2.41. The van der Waals surface area contributed by atoms with Crippen LogP contribution in [0.1, 0.15) is 41.6 Å². The number of hydrogen-bond donors (Lipinski definition) is 1. The molecule has 7 nitrogen and oxygen atoms in total. The molecule has 34 heavy (non-hydrogen) atoms. The first-order valence-corrected chi connectivity index (χ1v) is 12.2. The highest BCUT2D eigenvalue weighted by Crippen LogP contribution is 2.39. The number of aromatic nitrogens is 4. The van der Waals surface area contributed by atoms with Crippen LogP contribution < -0.4 is 5.73 Å². The van der Waals surface area contributed by atoms with E-state index in [9.17, 15) is 4.79 Å². The number of nitrogens with zero attached hydrogens (tertiary/aromatic N) is 5. The Morgan fingerprint density at radius 3 is 2.82 bits per heavy atom. The fourth-order valence-corrected chi connectivity index (χ4v) is 6.11. The first-order chi connectivity index (χ1) is 16.5. The van der Waals surface area contributed by atoms with Crippen LogP contribution in [0.3, 0.4) is 0 Å². The van der Waals surface area contributed by atoms with Gasteiger partial charge in [-0.2, -0.15) is 5.10 Å². The Balaban J connectivity index is 1.33. The summed E-state index contributed by atoms with van der Waals surface area (Å²) in [7, 11) is 0. The number of piperidine rings is 1. The van der Waals surface area contributed by atoms with Crippen molar-refractivity contribution in [2.75, 3.05) is 6.54 Å². The zero-order valence-electron chi connectivity index (χ0n) is 19.1. The Bertz CT molecular complexity index is 1470. The van der Waals surface area contributed by atoms with Gasteiger partial charge in [0, 0.05) is 48.5 Å². The summed E-state index contributed by atoms with van der Waals surface area (Å²) in [5.74, 6) is 0.406. The van der Waals surface area contributed by atoms with Crippen LogP contribution in [0, 0.1) is 24.6 Å². The van der Waals surface area contributed by atoms with E-state index in [0.717, 1.165) is 47.4 Å². The van der Waals surface area contributed by atoms with Crippen LogP contribution in [-0.2, 0) is 6.54 Å². The van der Waals surface area contributed by atoms with Crippen molar-refractivity contribution in [2.45, 2.75) is 51.2 Å². The summed E-state index contributed by atoms with van der Waals surface area (Å²) < 4.78 is 19.2. The van der Waals surface area contributed by atoms with Crippen LogP contribution >= 0.6 is 0 Å². The van der Waals surface area contributed by atoms with E-state index in [1.54, 1.807) is 12.4 Å². The van der Waals surface area contributed by atoms with Gasteiger partial charge in [-0.15, -0.1) is 0 Å². The number of carbonyl (C=O) groups is 1. The van der Waals surface area contributed by atoms with E-state index in [-0.39, 0.29) is 18.0 Å². The molecule has 2 aliphatic carbocycles. The van der Waals surface area contributed by atoms with Crippen LogP contribution in [0.4, 0.5) is 4.39 Å². The highest BCUT2D eigenvalue weighted by molar-refractivity contribution is 5.95. The minimum Gasteiger partial charge on any atom is -0.334 e. The molecular weight excluding hydrogens is 431 g/mol.